The molecular formula is C19H18O3. The first-order valence-electron chi connectivity index (χ1n) is 7.33. The van der Waals surface area contributed by atoms with Crippen LogP contribution in [0.3, 0.4) is 0 Å². The summed E-state index contributed by atoms with van der Waals surface area (Å²) < 4.78 is 11.0. The van der Waals surface area contributed by atoms with E-state index in [0.717, 1.165) is 22.6 Å². The Balaban J connectivity index is 1.78. The topological polar surface area (TPSA) is 35.5 Å². The Hall–Kier alpha value is -2.55. The zero-order valence-electron chi connectivity index (χ0n) is 12.8. The van der Waals surface area contributed by atoms with E-state index in [1.54, 1.807) is 12.2 Å². The van der Waals surface area contributed by atoms with Gasteiger partial charge in [0.15, 0.2) is 17.3 Å². The minimum atomic E-state index is -0.00186. The Bertz CT molecular complexity index is 744. The van der Waals surface area contributed by atoms with Crippen molar-refractivity contribution in [3.05, 3.63) is 64.7 Å². The summed E-state index contributed by atoms with van der Waals surface area (Å²) in [5, 5.41) is 0. The van der Waals surface area contributed by atoms with Crippen LogP contribution in [0.15, 0.2) is 42.5 Å². The number of hydrogen-bond donors (Lipinski definition) is 0. The van der Waals surface area contributed by atoms with Gasteiger partial charge in [0.2, 0.25) is 0 Å². The molecule has 22 heavy (non-hydrogen) atoms. The molecule has 3 rings (SSSR count). The first-order chi connectivity index (χ1) is 10.6. The highest BCUT2D eigenvalue weighted by atomic mass is 16.6. The van der Waals surface area contributed by atoms with E-state index in [0.29, 0.717) is 18.8 Å². The predicted molar refractivity (Wildman–Crippen MR) is 86.7 cm³/mol. The maximum Gasteiger partial charge on any atom is 0.185 e. The van der Waals surface area contributed by atoms with Crippen molar-refractivity contribution in [2.24, 2.45) is 0 Å². The lowest BCUT2D eigenvalue weighted by Gasteiger charge is -2.18. The fourth-order valence-electron chi connectivity index (χ4n) is 2.33. The van der Waals surface area contributed by atoms with Gasteiger partial charge in [-0.3, -0.25) is 4.79 Å². The second-order valence-electron chi connectivity index (χ2n) is 5.40. The van der Waals surface area contributed by atoms with Crippen molar-refractivity contribution >= 4 is 11.9 Å². The number of ketones is 1. The molecular weight excluding hydrogens is 276 g/mol. The molecule has 0 spiro atoms. The molecule has 0 saturated carbocycles. The van der Waals surface area contributed by atoms with E-state index in [9.17, 15) is 4.79 Å². The lowest BCUT2D eigenvalue weighted by Crippen LogP contribution is -2.15. The third kappa shape index (κ3) is 3.03. The smallest absolute Gasteiger partial charge is 0.185 e. The van der Waals surface area contributed by atoms with Gasteiger partial charge in [-0.1, -0.05) is 24.3 Å². The van der Waals surface area contributed by atoms with Gasteiger partial charge in [-0.05, 0) is 54.8 Å². The molecule has 0 saturated heterocycles. The number of aryl methyl sites for hydroxylation is 2. The highest BCUT2D eigenvalue weighted by Gasteiger charge is 2.11. The van der Waals surface area contributed by atoms with Crippen LogP contribution >= 0.6 is 0 Å². The van der Waals surface area contributed by atoms with Crippen LogP contribution in [0.4, 0.5) is 0 Å². The van der Waals surface area contributed by atoms with Gasteiger partial charge < -0.3 is 9.47 Å². The number of fused-ring (bicyclic) bond motifs is 1. The molecule has 112 valence electrons. The van der Waals surface area contributed by atoms with Crippen molar-refractivity contribution in [1.82, 2.24) is 0 Å². The fraction of sp³-hybridized carbons (Fsp3) is 0.211. The van der Waals surface area contributed by atoms with Crippen molar-refractivity contribution in [2.75, 3.05) is 13.2 Å². The summed E-state index contributed by atoms with van der Waals surface area (Å²) in [5.41, 5.74) is 3.93. The van der Waals surface area contributed by atoms with E-state index >= 15 is 0 Å². The van der Waals surface area contributed by atoms with Gasteiger partial charge in [-0.15, -0.1) is 0 Å². The van der Waals surface area contributed by atoms with Crippen molar-refractivity contribution in [3.63, 3.8) is 0 Å². The van der Waals surface area contributed by atoms with E-state index < -0.39 is 0 Å². The number of hydrogen-bond acceptors (Lipinski definition) is 3. The van der Waals surface area contributed by atoms with Crippen LogP contribution in [0.5, 0.6) is 11.5 Å². The van der Waals surface area contributed by atoms with Crippen LogP contribution in [0.2, 0.25) is 0 Å². The number of carbonyl (C=O) groups excluding carboxylic acids is 1. The van der Waals surface area contributed by atoms with Crippen molar-refractivity contribution in [1.29, 1.82) is 0 Å². The third-order valence-electron chi connectivity index (χ3n) is 3.78. The average Bonchev–Trinajstić information content (AvgIpc) is 2.55. The number of carbonyl (C=O) groups is 1. The lowest BCUT2D eigenvalue weighted by molar-refractivity contribution is 0.104. The van der Waals surface area contributed by atoms with Crippen LogP contribution in [0.1, 0.15) is 27.0 Å². The van der Waals surface area contributed by atoms with E-state index in [1.165, 1.54) is 5.56 Å². The highest BCUT2D eigenvalue weighted by Crippen LogP contribution is 2.31. The lowest BCUT2D eigenvalue weighted by atomic mass is 10.0. The molecule has 0 atom stereocenters. The van der Waals surface area contributed by atoms with Gasteiger partial charge in [0.05, 0.1) is 0 Å². The molecule has 0 unspecified atom stereocenters. The molecule has 0 amide bonds. The number of rotatable bonds is 3. The largest absolute Gasteiger partial charge is 0.486 e. The Kier molecular flexibility index (Phi) is 3.96. The molecule has 0 bridgehead atoms. The summed E-state index contributed by atoms with van der Waals surface area (Å²) in [7, 11) is 0. The first kappa shape index (κ1) is 14.4. The maximum absolute atomic E-state index is 12.2. The summed E-state index contributed by atoms with van der Waals surface area (Å²) in [6, 6.07) is 11.4. The van der Waals surface area contributed by atoms with Gasteiger partial charge in [0, 0.05) is 5.56 Å². The van der Waals surface area contributed by atoms with Crippen molar-refractivity contribution in [3.8, 4) is 11.5 Å². The summed E-state index contributed by atoms with van der Waals surface area (Å²) >= 11 is 0. The Morgan fingerprint density at radius 1 is 0.955 bits per heavy atom. The van der Waals surface area contributed by atoms with Crippen LogP contribution in [-0.4, -0.2) is 19.0 Å². The zero-order chi connectivity index (χ0) is 15.5. The second kappa shape index (κ2) is 6.06. The normalized spacial score (nSPS) is 13.4. The number of benzene rings is 2. The van der Waals surface area contributed by atoms with Crippen molar-refractivity contribution in [2.45, 2.75) is 13.8 Å². The minimum Gasteiger partial charge on any atom is -0.486 e. The van der Waals surface area contributed by atoms with Gasteiger partial charge in [0.1, 0.15) is 13.2 Å². The van der Waals surface area contributed by atoms with Crippen LogP contribution in [-0.2, 0) is 0 Å². The van der Waals surface area contributed by atoms with E-state index in [-0.39, 0.29) is 5.78 Å². The second-order valence-corrected chi connectivity index (χ2v) is 5.40. The molecule has 0 N–H and O–H groups in total. The Labute approximate surface area is 130 Å². The standard InChI is InChI=1S/C19H18O3/c1-13-3-6-16(11-14(13)2)17(20)7-4-15-5-8-18-19(12-15)22-10-9-21-18/h3-8,11-12H,9-10H2,1-2H3/b7-4+. The Morgan fingerprint density at radius 2 is 1.73 bits per heavy atom. The molecule has 1 aliphatic heterocycles. The summed E-state index contributed by atoms with van der Waals surface area (Å²) in [4.78, 5) is 12.2. The molecule has 0 aromatic heterocycles. The van der Waals surface area contributed by atoms with Gasteiger partial charge in [-0.25, -0.2) is 0 Å². The third-order valence-corrected chi connectivity index (χ3v) is 3.78. The summed E-state index contributed by atoms with van der Waals surface area (Å²) in [6.07, 6.45) is 3.39. The predicted octanol–water partition coefficient (Wildman–Crippen LogP) is 3.97. The molecule has 3 nitrogen and oxygen atoms in total. The number of ether oxygens (including phenoxy) is 2. The SMILES string of the molecule is Cc1ccc(C(=O)/C=C/c2ccc3c(c2)OCCO3)cc1C. The molecule has 3 heteroatoms. The molecule has 0 radical (unpaired) electrons. The Morgan fingerprint density at radius 3 is 2.50 bits per heavy atom. The van der Waals surface area contributed by atoms with E-state index in [2.05, 4.69) is 0 Å². The molecule has 2 aromatic rings. The summed E-state index contributed by atoms with van der Waals surface area (Å²) in [5.74, 6) is 1.48. The monoisotopic (exact) mass is 294 g/mol. The van der Waals surface area contributed by atoms with Gasteiger partial charge >= 0.3 is 0 Å². The molecule has 1 aliphatic rings. The van der Waals surface area contributed by atoms with E-state index in [4.69, 9.17) is 9.47 Å². The average molecular weight is 294 g/mol. The quantitative estimate of drug-likeness (QED) is 0.634. The van der Waals surface area contributed by atoms with Crippen molar-refractivity contribution < 1.29 is 14.3 Å². The molecule has 0 fully saturated rings. The molecule has 1 heterocycles. The van der Waals surface area contributed by atoms with Crippen LogP contribution < -0.4 is 9.47 Å². The first-order valence-corrected chi connectivity index (χ1v) is 7.33. The zero-order valence-corrected chi connectivity index (χ0v) is 12.8. The summed E-state index contributed by atoms with van der Waals surface area (Å²) in [6.45, 7) is 5.18. The fourth-order valence-corrected chi connectivity index (χ4v) is 2.33. The molecule has 2 aromatic carbocycles. The van der Waals surface area contributed by atoms with Gasteiger partial charge in [0.25, 0.3) is 0 Å². The maximum atomic E-state index is 12.2. The van der Waals surface area contributed by atoms with Gasteiger partial charge in [-0.2, -0.15) is 0 Å². The molecule has 0 aliphatic carbocycles. The number of allylic oxidation sites excluding steroid dienone is 1. The van der Waals surface area contributed by atoms with Crippen LogP contribution in [0, 0.1) is 13.8 Å². The van der Waals surface area contributed by atoms with Crippen LogP contribution in [0.25, 0.3) is 6.08 Å². The minimum absolute atomic E-state index is 0.00186. The van der Waals surface area contributed by atoms with E-state index in [1.807, 2.05) is 50.2 Å². The highest BCUT2D eigenvalue weighted by molar-refractivity contribution is 6.07.